The van der Waals surface area contributed by atoms with Gasteiger partial charge in [0, 0.05) is 34.4 Å². The first-order chi connectivity index (χ1) is 13.0. The Morgan fingerprint density at radius 1 is 1.15 bits per heavy atom. The molecule has 0 saturated heterocycles. The SMILES string of the molecule is Cc1[nH]c2ccccc2c1C(=O)C(C)OC(=O)c1ccccc1NCCO. The first kappa shape index (κ1) is 18.7. The average Bonchev–Trinajstić information content (AvgIpc) is 3.01. The van der Waals surface area contributed by atoms with E-state index in [-0.39, 0.29) is 12.4 Å². The minimum absolute atomic E-state index is 0.0574. The number of aromatic nitrogens is 1. The summed E-state index contributed by atoms with van der Waals surface area (Å²) in [5.41, 5.74) is 3.03. The van der Waals surface area contributed by atoms with Gasteiger partial charge in [0.2, 0.25) is 5.78 Å². The summed E-state index contributed by atoms with van der Waals surface area (Å²) in [5.74, 6) is -0.839. The topological polar surface area (TPSA) is 91.4 Å². The molecule has 3 N–H and O–H groups in total. The predicted molar refractivity (Wildman–Crippen MR) is 104 cm³/mol. The van der Waals surface area contributed by atoms with Gasteiger partial charge in [-0.3, -0.25) is 4.79 Å². The summed E-state index contributed by atoms with van der Waals surface area (Å²) in [6.45, 7) is 3.66. The fourth-order valence-electron chi connectivity index (χ4n) is 3.08. The van der Waals surface area contributed by atoms with E-state index in [1.54, 1.807) is 31.2 Å². The van der Waals surface area contributed by atoms with Gasteiger partial charge in [-0.15, -0.1) is 0 Å². The third-order valence-electron chi connectivity index (χ3n) is 4.37. The van der Waals surface area contributed by atoms with E-state index >= 15 is 0 Å². The van der Waals surface area contributed by atoms with Gasteiger partial charge in [0.05, 0.1) is 12.2 Å². The Morgan fingerprint density at radius 3 is 2.63 bits per heavy atom. The average molecular weight is 366 g/mol. The molecular weight excluding hydrogens is 344 g/mol. The van der Waals surface area contributed by atoms with E-state index in [0.29, 0.717) is 23.4 Å². The van der Waals surface area contributed by atoms with Crippen molar-refractivity contribution in [3.05, 3.63) is 65.4 Å². The summed E-state index contributed by atoms with van der Waals surface area (Å²) in [7, 11) is 0. The minimum atomic E-state index is -0.929. The number of esters is 1. The molecule has 6 nitrogen and oxygen atoms in total. The maximum Gasteiger partial charge on any atom is 0.340 e. The molecule has 3 rings (SSSR count). The van der Waals surface area contributed by atoms with E-state index in [1.807, 2.05) is 31.2 Å². The maximum absolute atomic E-state index is 12.9. The Hall–Kier alpha value is -3.12. The van der Waals surface area contributed by atoms with Crippen molar-refractivity contribution in [2.24, 2.45) is 0 Å². The molecule has 0 spiro atoms. The fraction of sp³-hybridized carbons (Fsp3) is 0.238. The lowest BCUT2D eigenvalue weighted by Gasteiger charge is -2.15. The number of anilines is 1. The minimum Gasteiger partial charge on any atom is -0.451 e. The van der Waals surface area contributed by atoms with Gasteiger partial charge in [-0.1, -0.05) is 30.3 Å². The highest BCUT2D eigenvalue weighted by atomic mass is 16.5. The number of Topliss-reactive ketones (excluding diaryl/α,β-unsaturated/α-hetero) is 1. The van der Waals surface area contributed by atoms with Crippen molar-refractivity contribution in [2.75, 3.05) is 18.5 Å². The normalized spacial score (nSPS) is 12.0. The molecule has 1 atom stereocenters. The van der Waals surface area contributed by atoms with Crippen LogP contribution >= 0.6 is 0 Å². The molecule has 0 fully saturated rings. The van der Waals surface area contributed by atoms with Gasteiger partial charge in [-0.05, 0) is 32.0 Å². The van der Waals surface area contributed by atoms with Crippen molar-refractivity contribution >= 4 is 28.3 Å². The third-order valence-corrected chi connectivity index (χ3v) is 4.37. The number of benzene rings is 2. The lowest BCUT2D eigenvalue weighted by Crippen LogP contribution is -2.25. The number of ketones is 1. The van der Waals surface area contributed by atoms with Gasteiger partial charge in [0.1, 0.15) is 0 Å². The van der Waals surface area contributed by atoms with Crippen LogP contribution in [0.3, 0.4) is 0 Å². The molecule has 0 radical (unpaired) electrons. The summed E-state index contributed by atoms with van der Waals surface area (Å²) >= 11 is 0. The van der Waals surface area contributed by atoms with Gasteiger partial charge >= 0.3 is 5.97 Å². The van der Waals surface area contributed by atoms with Crippen LogP contribution in [-0.4, -0.2) is 41.1 Å². The molecule has 0 aliphatic heterocycles. The fourth-order valence-corrected chi connectivity index (χ4v) is 3.08. The highest BCUT2D eigenvalue weighted by Crippen LogP contribution is 2.24. The Bertz CT molecular complexity index is 977. The molecular formula is C21H22N2O4. The highest BCUT2D eigenvalue weighted by Gasteiger charge is 2.25. The van der Waals surface area contributed by atoms with E-state index in [0.717, 1.165) is 16.6 Å². The maximum atomic E-state index is 12.9. The van der Waals surface area contributed by atoms with Crippen LogP contribution in [0.1, 0.15) is 33.3 Å². The number of ether oxygens (including phenoxy) is 1. The third kappa shape index (κ3) is 3.85. The Morgan fingerprint density at radius 2 is 1.85 bits per heavy atom. The number of carbonyl (C=O) groups excluding carboxylic acids is 2. The number of fused-ring (bicyclic) bond motifs is 1. The van der Waals surface area contributed by atoms with Gasteiger partial charge in [0.15, 0.2) is 6.10 Å². The number of aliphatic hydroxyl groups is 1. The number of aryl methyl sites for hydroxylation is 1. The monoisotopic (exact) mass is 366 g/mol. The molecule has 0 saturated carbocycles. The van der Waals surface area contributed by atoms with Crippen LogP contribution in [-0.2, 0) is 4.74 Å². The number of aliphatic hydroxyl groups excluding tert-OH is 1. The largest absolute Gasteiger partial charge is 0.451 e. The molecule has 3 aromatic rings. The molecule has 27 heavy (non-hydrogen) atoms. The first-order valence-electron chi connectivity index (χ1n) is 8.79. The molecule has 0 bridgehead atoms. The smallest absolute Gasteiger partial charge is 0.340 e. The summed E-state index contributed by atoms with van der Waals surface area (Å²) in [6, 6.07) is 14.4. The van der Waals surface area contributed by atoms with E-state index in [9.17, 15) is 9.59 Å². The number of aromatic amines is 1. The number of nitrogens with one attached hydrogen (secondary N) is 2. The molecule has 1 aromatic heterocycles. The Balaban J connectivity index is 1.81. The molecule has 0 aliphatic rings. The summed E-state index contributed by atoms with van der Waals surface area (Å²) in [4.78, 5) is 28.7. The number of para-hydroxylation sites is 2. The van der Waals surface area contributed by atoms with Crippen molar-refractivity contribution < 1.29 is 19.4 Å². The van der Waals surface area contributed by atoms with E-state index in [1.165, 1.54) is 0 Å². The molecule has 0 amide bonds. The van der Waals surface area contributed by atoms with Crippen LogP contribution in [0.25, 0.3) is 10.9 Å². The molecule has 1 heterocycles. The summed E-state index contributed by atoms with van der Waals surface area (Å²) in [5, 5.41) is 12.7. The van der Waals surface area contributed by atoms with Crippen LogP contribution in [0.4, 0.5) is 5.69 Å². The summed E-state index contributed by atoms with van der Waals surface area (Å²) < 4.78 is 5.44. The van der Waals surface area contributed by atoms with Crippen LogP contribution < -0.4 is 5.32 Å². The van der Waals surface area contributed by atoms with Gasteiger partial charge in [0.25, 0.3) is 0 Å². The van der Waals surface area contributed by atoms with Gasteiger partial charge in [-0.25, -0.2) is 4.79 Å². The zero-order chi connectivity index (χ0) is 19.4. The molecule has 140 valence electrons. The standard InChI is InChI=1S/C21H22N2O4/c1-13-19(15-7-3-6-10-18(15)23-13)20(25)14(2)27-21(26)16-8-4-5-9-17(16)22-11-12-24/h3-10,14,22-24H,11-12H2,1-2H3. The quantitative estimate of drug-likeness (QED) is 0.441. The van der Waals surface area contributed by atoms with Crippen LogP contribution in [0.5, 0.6) is 0 Å². The molecule has 2 aromatic carbocycles. The van der Waals surface area contributed by atoms with Crippen molar-refractivity contribution in [3.63, 3.8) is 0 Å². The number of hydrogen-bond acceptors (Lipinski definition) is 5. The Kier molecular flexibility index (Phi) is 5.57. The number of carbonyl (C=O) groups is 2. The molecule has 1 unspecified atom stereocenters. The highest BCUT2D eigenvalue weighted by molar-refractivity contribution is 6.12. The van der Waals surface area contributed by atoms with Gasteiger partial charge in [-0.2, -0.15) is 0 Å². The van der Waals surface area contributed by atoms with Crippen molar-refractivity contribution in [1.29, 1.82) is 0 Å². The number of rotatable bonds is 7. The molecule has 0 aliphatic carbocycles. The first-order valence-corrected chi connectivity index (χ1v) is 8.79. The zero-order valence-electron chi connectivity index (χ0n) is 15.3. The molecule has 6 heteroatoms. The van der Waals surface area contributed by atoms with E-state index in [2.05, 4.69) is 10.3 Å². The van der Waals surface area contributed by atoms with Crippen molar-refractivity contribution in [3.8, 4) is 0 Å². The van der Waals surface area contributed by atoms with E-state index < -0.39 is 12.1 Å². The predicted octanol–water partition coefficient (Wildman–Crippen LogP) is 3.31. The summed E-state index contributed by atoms with van der Waals surface area (Å²) in [6.07, 6.45) is -0.929. The van der Waals surface area contributed by atoms with Crippen LogP contribution in [0.2, 0.25) is 0 Å². The van der Waals surface area contributed by atoms with Crippen LogP contribution in [0, 0.1) is 6.92 Å². The number of hydrogen-bond donors (Lipinski definition) is 3. The Labute approximate surface area is 157 Å². The lowest BCUT2D eigenvalue weighted by atomic mass is 10.0. The lowest BCUT2D eigenvalue weighted by molar-refractivity contribution is 0.0320. The van der Waals surface area contributed by atoms with E-state index in [4.69, 9.17) is 9.84 Å². The second kappa shape index (κ2) is 8.05. The second-order valence-electron chi connectivity index (χ2n) is 6.28. The number of H-pyrrole nitrogens is 1. The van der Waals surface area contributed by atoms with Crippen molar-refractivity contribution in [2.45, 2.75) is 20.0 Å². The van der Waals surface area contributed by atoms with Gasteiger partial charge < -0.3 is 20.1 Å². The van der Waals surface area contributed by atoms with Crippen LogP contribution in [0.15, 0.2) is 48.5 Å². The second-order valence-corrected chi connectivity index (χ2v) is 6.28. The zero-order valence-corrected chi connectivity index (χ0v) is 15.3. The van der Waals surface area contributed by atoms with Crippen molar-refractivity contribution in [1.82, 2.24) is 4.98 Å².